The third-order valence-electron chi connectivity index (χ3n) is 2.03. The summed E-state index contributed by atoms with van der Waals surface area (Å²) in [6, 6.07) is 3.35. The number of carbonyl (C=O) groups is 1. The van der Waals surface area contributed by atoms with Crippen LogP contribution >= 0.6 is 11.6 Å². The number of aliphatic hydroxyl groups is 1. The zero-order valence-electron chi connectivity index (χ0n) is 9.55. The van der Waals surface area contributed by atoms with Crippen molar-refractivity contribution in [2.75, 3.05) is 11.9 Å². The van der Waals surface area contributed by atoms with E-state index < -0.39 is 17.4 Å². The van der Waals surface area contributed by atoms with Crippen molar-refractivity contribution in [3.05, 3.63) is 29.0 Å². The van der Waals surface area contributed by atoms with Gasteiger partial charge in [0, 0.05) is 5.02 Å². The van der Waals surface area contributed by atoms with Crippen LogP contribution in [0.1, 0.15) is 13.8 Å². The van der Waals surface area contributed by atoms with Crippen LogP contribution in [0.5, 0.6) is 0 Å². The number of urea groups is 1. The number of carbonyl (C=O) groups excluding carboxylic acids is 1. The first-order chi connectivity index (χ1) is 7.84. The summed E-state index contributed by atoms with van der Waals surface area (Å²) < 4.78 is 13.3. The Morgan fingerprint density at radius 2 is 2.18 bits per heavy atom. The molecule has 0 bridgehead atoms. The van der Waals surface area contributed by atoms with Crippen molar-refractivity contribution >= 4 is 23.3 Å². The van der Waals surface area contributed by atoms with Crippen molar-refractivity contribution in [1.29, 1.82) is 0 Å². The molecule has 0 unspecified atom stereocenters. The van der Waals surface area contributed by atoms with E-state index in [1.165, 1.54) is 12.1 Å². The van der Waals surface area contributed by atoms with Gasteiger partial charge in [-0.3, -0.25) is 0 Å². The summed E-state index contributed by atoms with van der Waals surface area (Å²) in [5, 5.41) is 14.0. The lowest BCUT2D eigenvalue weighted by molar-refractivity contribution is 0.187. The molecule has 0 fully saturated rings. The van der Waals surface area contributed by atoms with Gasteiger partial charge >= 0.3 is 6.03 Å². The lowest BCUT2D eigenvalue weighted by atomic mass is 10.1. The molecule has 0 radical (unpaired) electrons. The maximum atomic E-state index is 13.3. The zero-order valence-corrected chi connectivity index (χ0v) is 10.3. The van der Waals surface area contributed by atoms with Crippen LogP contribution in [0.15, 0.2) is 18.2 Å². The number of halogens is 2. The highest BCUT2D eigenvalue weighted by atomic mass is 35.5. The summed E-state index contributed by atoms with van der Waals surface area (Å²) in [4.78, 5) is 11.5. The minimum absolute atomic E-state index is 0.0284. The van der Waals surface area contributed by atoms with Crippen molar-refractivity contribution in [1.82, 2.24) is 5.32 Å². The third kappa shape index (κ3) is 4.20. The Hall–Kier alpha value is -1.33. The Morgan fingerprint density at radius 3 is 2.71 bits per heavy atom. The largest absolute Gasteiger partial charge is 0.394 e. The molecule has 0 aliphatic carbocycles. The highest BCUT2D eigenvalue weighted by molar-refractivity contribution is 6.30. The number of hydrogen-bond acceptors (Lipinski definition) is 2. The van der Waals surface area contributed by atoms with E-state index in [1.807, 2.05) is 0 Å². The molecule has 94 valence electrons. The number of anilines is 1. The van der Waals surface area contributed by atoms with E-state index in [2.05, 4.69) is 10.6 Å². The van der Waals surface area contributed by atoms with E-state index in [4.69, 9.17) is 16.7 Å². The molecule has 17 heavy (non-hydrogen) atoms. The predicted octanol–water partition coefficient (Wildman–Crippen LogP) is 2.37. The van der Waals surface area contributed by atoms with Crippen LogP contribution in [0.25, 0.3) is 0 Å². The maximum absolute atomic E-state index is 13.3. The molecule has 6 heteroatoms. The SMILES string of the molecule is CC(C)(CO)NC(=O)Nc1ccc(Cl)cc1F. The second-order valence-corrected chi connectivity index (χ2v) is 4.68. The molecule has 0 atom stereocenters. The minimum atomic E-state index is -0.771. The molecule has 0 heterocycles. The normalized spacial score (nSPS) is 11.1. The van der Waals surface area contributed by atoms with Gasteiger partial charge in [-0.15, -0.1) is 0 Å². The molecule has 0 aliphatic heterocycles. The number of aliphatic hydroxyl groups excluding tert-OH is 1. The van der Waals surface area contributed by atoms with Crippen LogP contribution in [0, 0.1) is 5.82 Å². The first kappa shape index (κ1) is 13.7. The van der Waals surface area contributed by atoms with Gasteiger partial charge in [-0.25, -0.2) is 9.18 Å². The molecule has 3 N–H and O–H groups in total. The molecule has 4 nitrogen and oxygen atoms in total. The van der Waals surface area contributed by atoms with Crippen LogP contribution in [0.4, 0.5) is 14.9 Å². The Bertz CT molecular complexity index is 424. The van der Waals surface area contributed by atoms with E-state index in [1.54, 1.807) is 13.8 Å². The summed E-state index contributed by atoms with van der Waals surface area (Å²) in [5.41, 5.74) is -0.742. The second-order valence-electron chi connectivity index (χ2n) is 4.25. The van der Waals surface area contributed by atoms with Crippen molar-refractivity contribution in [3.8, 4) is 0 Å². The number of nitrogens with one attached hydrogen (secondary N) is 2. The fourth-order valence-electron chi connectivity index (χ4n) is 1.09. The maximum Gasteiger partial charge on any atom is 0.319 e. The molecule has 1 aromatic carbocycles. The van der Waals surface area contributed by atoms with Gasteiger partial charge in [-0.1, -0.05) is 11.6 Å². The average Bonchev–Trinajstić information content (AvgIpc) is 2.21. The average molecular weight is 261 g/mol. The molecule has 2 amide bonds. The first-order valence-electron chi connectivity index (χ1n) is 4.99. The van der Waals surface area contributed by atoms with Crippen LogP contribution in [0.3, 0.4) is 0 Å². The Morgan fingerprint density at radius 1 is 1.53 bits per heavy atom. The molecule has 0 spiro atoms. The second kappa shape index (κ2) is 5.33. The van der Waals surface area contributed by atoms with Gasteiger partial charge in [0.15, 0.2) is 0 Å². The van der Waals surface area contributed by atoms with E-state index in [-0.39, 0.29) is 17.3 Å². The number of rotatable bonds is 3. The number of hydrogen-bond donors (Lipinski definition) is 3. The van der Waals surface area contributed by atoms with E-state index in [9.17, 15) is 9.18 Å². The molecule has 0 aromatic heterocycles. The highest BCUT2D eigenvalue weighted by Crippen LogP contribution is 2.18. The zero-order chi connectivity index (χ0) is 13.1. The minimum Gasteiger partial charge on any atom is -0.394 e. The van der Waals surface area contributed by atoms with Gasteiger partial charge in [-0.05, 0) is 32.0 Å². The van der Waals surface area contributed by atoms with Gasteiger partial charge < -0.3 is 15.7 Å². The van der Waals surface area contributed by atoms with Crippen molar-refractivity contribution in [3.63, 3.8) is 0 Å². The van der Waals surface area contributed by atoms with Crippen LogP contribution in [0.2, 0.25) is 5.02 Å². The van der Waals surface area contributed by atoms with Crippen LogP contribution in [-0.2, 0) is 0 Å². The Kier molecular flexibility index (Phi) is 4.31. The highest BCUT2D eigenvalue weighted by Gasteiger charge is 2.19. The van der Waals surface area contributed by atoms with Gasteiger partial charge in [-0.2, -0.15) is 0 Å². The molecule has 0 aliphatic rings. The van der Waals surface area contributed by atoms with Crippen molar-refractivity contribution < 1.29 is 14.3 Å². The van der Waals surface area contributed by atoms with E-state index in [0.29, 0.717) is 0 Å². The van der Waals surface area contributed by atoms with E-state index in [0.717, 1.165) is 6.07 Å². The van der Waals surface area contributed by atoms with E-state index >= 15 is 0 Å². The summed E-state index contributed by atoms with van der Waals surface area (Å²) in [7, 11) is 0. The summed E-state index contributed by atoms with van der Waals surface area (Å²) in [5.74, 6) is -0.616. The Labute approximate surface area is 104 Å². The first-order valence-corrected chi connectivity index (χ1v) is 5.37. The number of benzene rings is 1. The van der Waals surface area contributed by atoms with Crippen molar-refractivity contribution in [2.45, 2.75) is 19.4 Å². The standard InChI is InChI=1S/C11H14ClFN2O2/c1-11(2,6-16)15-10(17)14-9-4-3-7(12)5-8(9)13/h3-5,16H,6H2,1-2H3,(H2,14,15,17). The molecule has 0 saturated heterocycles. The quantitative estimate of drug-likeness (QED) is 0.781. The van der Waals surface area contributed by atoms with Gasteiger partial charge in [0.05, 0.1) is 17.8 Å². The van der Waals surface area contributed by atoms with Gasteiger partial charge in [0.2, 0.25) is 0 Å². The van der Waals surface area contributed by atoms with Gasteiger partial charge in [0.1, 0.15) is 5.82 Å². The topological polar surface area (TPSA) is 61.4 Å². The monoisotopic (exact) mass is 260 g/mol. The number of amides is 2. The van der Waals surface area contributed by atoms with Gasteiger partial charge in [0.25, 0.3) is 0 Å². The third-order valence-corrected chi connectivity index (χ3v) is 2.26. The smallest absolute Gasteiger partial charge is 0.319 e. The fraction of sp³-hybridized carbons (Fsp3) is 0.364. The molecular weight excluding hydrogens is 247 g/mol. The molecule has 1 rings (SSSR count). The summed E-state index contributed by atoms with van der Waals surface area (Å²) in [6.45, 7) is 3.07. The van der Waals surface area contributed by atoms with Crippen LogP contribution in [-0.4, -0.2) is 23.3 Å². The molecular formula is C11H14ClFN2O2. The summed E-state index contributed by atoms with van der Waals surface area (Å²) >= 11 is 5.58. The predicted molar refractivity (Wildman–Crippen MR) is 64.7 cm³/mol. The van der Waals surface area contributed by atoms with Crippen molar-refractivity contribution in [2.24, 2.45) is 0 Å². The lowest BCUT2D eigenvalue weighted by Gasteiger charge is -2.23. The molecule has 0 saturated carbocycles. The molecule has 1 aromatic rings. The fourth-order valence-corrected chi connectivity index (χ4v) is 1.25. The lowest BCUT2D eigenvalue weighted by Crippen LogP contribution is -2.48. The summed E-state index contributed by atoms with van der Waals surface area (Å²) in [6.07, 6.45) is 0. The van der Waals surface area contributed by atoms with Crippen LogP contribution < -0.4 is 10.6 Å². The Balaban J connectivity index is 2.69.